The molecular weight excluding hydrogens is 428 g/mol. The van der Waals surface area contributed by atoms with Gasteiger partial charge >= 0.3 is 11.9 Å². The highest BCUT2D eigenvalue weighted by Crippen LogP contribution is 2.10. The van der Waals surface area contributed by atoms with Crippen LogP contribution in [0.5, 0.6) is 0 Å². The van der Waals surface area contributed by atoms with Crippen molar-refractivity contribution in [2.24, 2.45) is 0 Å². The molecule has 0 heterocycles. The van der Waals surface area contributed by atoms with Crippen molar-refractivity contribution in [3.63, 3.8) is 0 Å². The van der Waals surface area contributed by atoms with Gasteiger partial charge < -0.3 is 14.6 Å². The monoisotopic (exact) mass is 482 g/mol. The SMILES string of the molecule is CCCCCCCC/C=C\CCCCCCCC(=O)OCC(O)COC(=O)CCCCCCC. The Hall–Kier alpha value is -1.36. The Bertz CT molecular complexity index is 489. The summed E-state index contributed by atoms with van der Waals surface area (Å²) >= 11 is 0. The van der Waals surface area contributed by atoms with Crippen molar-refractivity contribution in [3.05, 3.63) is 12.2 Å². The van der Waals surface area contributed by atoms with Crippen molar-refractivity contribution < 1.29 is 24.2 Å². The molecule has 5 nitrogen and oxygen atoms in total. The second-order valence-corrected chi connectivity index (χ2v) is 9.52. The minimum absolute atomic E-state index is 0.117. The molecular formula is C29H54O5. The van der Waals surface area contributed by atoms with E-state index in [1.165, 1.54) is 70.6 Å². The quantitative estimate of drug-likeness (QED) is 0.0815. The van der Waals surface area contributed by atoms with Crippen molar-refractivity contribution in [1.29, 1.82) is 0 Å². The van der Waals surface area contributed by atoms with Crippen molar-refractivity contribution >= 4 is 11.9 Å². The van der Waals surface area contributed by atoms with Gasteiger partial charge in [0, 0.05) is 12.8 Å². The molecule has 0 aliphatic rings. The van der Waals surface area contributed by atoms with Crippen LogP contribution >= 0.6 is 0 Å². The molecule has 0 rings (SSSR count). The van der Waals surface area contributed by atoms with Gasteiger partial charge in [0.1, 0.15) is 19.3 Å². The molecule has 0 aliphatic carbocycles. The van der Waals surface area contributed by atoms with Crippen molar-refractivity contribution in [2.45, 2.75) is 148 Å². The summed E-state index contributed by atoms with van der Waals surface area (Å²) < 4.78 is 10.1. The molecule has 0 aliphatic heterocycles. The van der Waals surface area contributed by atoms with E-state index in [-0.39, 0.29) is 25.2 Å². The van der Waals surface area contributed by atoms with Crippen LogP contribution < -0.4 is 0 Å². The van der Waals surface area contributed by atoms with Crippen LogP contribution in [0.15, 0.2) is 12.2 Å². The van der Waals surface area contributed by atoms with Crippen molar-refractivity contribution in [3.8, 4) is 0 Å². The fourth-order valence-corrected chi connectivity index (χ4v) is 3.78. The predicted molar refractivity (Wildman–Crippen MR) is 141 cm³/mol. The average Bonchev–Trinajstić information content (AvgIpc) is 2.83. The molecule has 0 bridgehead atoms. The Balaban J connectivity index is 3.44. The van der Waals surface area contributed by atoms with Gasteiger partial charge in [0.05, 0.1) is 0 Å². The van der Waals surface area contributed by atoms with Crippen LogP contribution in [-0.2, 0) is 19.1 Å². The smallest absolute Gasteiger partial charge is 0.305 e. The topological polar surface area (TPSA) is 72.8 Å². The van der Waals surface area contributed by atoms with Gasteiger partial charge in [-0.25, -0.2) is 0 Å². The van der Waals surface area contributed by atoms with Crippen molar-refractivity contribution in [2.75, 3.05) is 13.2 Å². The molecule has 1 atom stereocenters. The Morgan fingerprint density at radius 3 is 1.35 bits per heavy atom. The highest BCUT2D eigenvalue weighted by atomic mass is 16.6. The number of aliphatic hydroxyl groups is 1. The van der Waals surface area contributed by atoms with Crippen LogP contribution in [0, 0.1) is 0 Å². The van der Waals surface area contributed by atoms with E-state index in [0.717, 1.165) is 44.9 Å². The van der Waals surface area contributed by atoms with Gasteiger partial charge in [-0.05, 0) is 38.5 Å². The summed E-state index contributed by atoms with van der Waals surface area (Å²) in [5, 5.41) is 9.83. The van der Waals surface area contributed by atoms with Crippen LogP contribution in [-0.4, -0.2) is 36.4 Å². The third kappa shape index (κ3) is 25.3. The van der Waals surface area contributed by atoms with Gasteiger partial charge in [0.25, 0.3) is 0 Å². The van der Waals surface area contributed by atoms with E-state index in [1.807, 2.05) is 0 Å². The maximum atomic E-state index is 11.8. The Labute approximate surface area is 210 Å². The van der Waals surface area contributed by atoms with Crippen LogP contribution in [0.1, 0.15) is 142 Å². The van der Waals surface area contributed by atoms with Crippen LogP contribution in [0.4, 0.5) is 0 Å². The fraction of sp³-hybridized carbons (Fsp3) is 0.862. The van der Waals surface area contributed by atoms with Gasteiger partial charge in [0.2, 0.25) is 0 Å². The summed E-state index contributed by atoms with van der Waals surface area (Å²) in [6.45, 7) is 4.17. The van der Waals surface area contributed by atoms with Gasteiger partial charge in [-0.1, -0.05) is 103 Å². The van der Waals surface area contributed by atoms with Gasteiger partial charge in [-0.2, -0.15) is 0 Å². The van der Waals surface area contributed by atoms with E-state index in [2.05, 4.69) is 26.0 Å². The normalized spacial score (nSPS) is 12.2. The number of allylic oxidation sites excluding steroid dienone is 2. The number of aliphatic hydroxyl groups excluding tert-OH is 1. The molecule has 1 N–H and O–H groups in total. The third-order valence-electron chi connectivity index (χ3n) is 6.00. The van der Waals surface area contributed by atoms with Gasteiger partial charge in [-0.3, -0.25) is 9.59 Å². The summed E-state index contributed by atoms with van der Waals surface area (Å²) in [7, 11) is 0. The lowest BCUT2D eigenvalue weighted by molar-refractivity contribution is -0.152. The number of hydrogen-bond acceptors (Lipinski definition) is 5. The lowest BCUT2D eigenvalue weighted by atomic mass is 10.1. The highest BCUT2D eigenvalue weighted by molar-refractivity contribution is 5.69. The fourth-order valence-electron chi connectivity index (χ4n) is 3.78. The molecule has 200 valence electrons. The first-order chi connectivity index (χ1) is 16.6. The second-order valence-electron chi connectivity index (χ2n) is 9.52. The number of carbonyl (C=O) groups excluding carboxylic acids is 2. The Kier molecular flexibility index (Phi) is 25.2. The number of hydrogen-bond donors (Lipinski definition) is 1. The van der Waals surface area contributed by atoms with Crippen LogP contribution in [0.2, 0.25) is 0 Å². The number of esters is 2. The summed E-state index contributed by atoms with van der Waals surface area (Å²) in [6, 6.07) is 0. The van der Waals surface area contributed by atoms with Crippen molar-refractivity contribution in [1.82, 2.24) is 0 Å². The van der Waals surface area contributed by atoms with E-state index < -0.39 is 6.10 Å². The minimum Gasteiger partial charge on any atom is -0.463 e. The van der Waals surface area contributed by atoms with Gasteiger partial charge in [0.15, 0.2) is 0 Å². The Morgan fingerprint density at radius 2 is 0.941 bits per heavy atom. The number of carbonyl (C=O) groups is 2. The largest absolute Gasteiger partial charge is 0.463 e. The zero-order valence-corrected chi connectivity index (χ0v) is 22.4. The maximum Gasteiger partial charge on any atom is 0.305 e. The van der Waals surface area contributed by atoms with E-state index in [4.69, 9.17) is 9.47 Å². The third-order valence-corrected chi connectivity index (χ3v) is 6.00. The standard InChI is InChI=1S/C29H54O5/c1-3-5-7-9-10-11-12-13-14-15-16-17-18-20-22-24-29(32)34-26-27(30)25-33-28(31)23-21-19-8-6-4-2/h13-14,27,30H,3-12,15-26H2,1-2H3/b14-13-. The molecule has 5 heteroatoms. The first-order valence-corrected chi connectivity index (χ1v) is 14.2. The predicted octanol–water partition coefficient (Wildman–Crippen LogP) is 7.83. The molecule has 1 unspecified atom stereocenters. The lowest BCUT2D eigenvalue weighted by Crippen LogP contribution is -2.25. The molecule has 0 spiro atoms. The molecule has 0 saturated carbocycles. The highest BCUT2D eigenvalue weighted by Gasteiger charge is 2.12. The van der Waals surface area contributed by atoms with E-state index in [0.29, 0.717) is 12.8 Å². The first-order valence-electron chi connectivity index (χ1n) is 14.2. The zero-order chi connectivity index (χ0) is 25.1. The minimum atomic E-state index is -0.956. The molecule has 0 fully saturated rings. The Morgan fingerprint density at radius 1 is 0.588 bits per heavy atom. The molecule has 34 heavy (non-hydrogen) atoms. The maximum absolute atomic E-state index is 11.8. The molecule has 0 aromatic carbocycles. The molecule has 0 aromatic rings. The molecule has 0 saturated heterocycles. The lowest BCUT2D eigenvalue weighted by Gasteiger charge is -2.12. The summed E-state index contributed by atoms with van der Waals surface area (Å²) in [5.41, 5.74) is 0. The van der Waals surface area contributed by atoms with Gasteiger partial charge in [-0.15, -0.1) is 0 Å². The molecule has 0 radical (unpaired) electrons. The number of ether oxygens (including phenoxy) is 2. The number of rotatable bonds is 25. The summed E-state index contributed by atoms with van der Waals surface area (Å²) in [6.07, 6.45) is 25.7. The van der Waals surface area contributed by atoms with Crippen LogP contribution in [0.25, 0.3) is 0 Å². The zero-order valence-electron chi connectivity index (χ0n) is 22.4. The molecule has 0 amide bonds. The second kappa shape index (κ2) is 26.2. The summed E-state index contributed by atoms with van der Waals surface area (Å²) in [4.78, 5) is 23.4. The average molecular weight is 483 g/mol. The van der Waals surface area contributed by atoms with Crippen LogP contribution in [0.3, 0.4) is 0 Å². The van der Waals surface area contributed by atoms with E-state index in [9.17, 15) is 14.7 Å². The summed E-state index contributed by atoms with van der Waals surface area (Å²) in [5.74, 6) is -0.589. The first kappa shape index (κ1) is 32.6. The van der Waals surface area contributed by atoms with E-state index in [1.54, 1.807) is 0 Å². The van der Waals surface area contributed by atoms with E-state index >= 15 is 0 Å². The molecule has 0 aromatic heterocycles. The number of unbranched alkanes of at least 4 members (excludes halogenated alkanes) is 15.